The quantitative estimate of drug-likeness (QED) is 0.381. The van der Waals surface area contributed by atoms with Crippen molar-refractivity contribution in [1.29, 1.82) is 0 Å². The first-order valence-electron chi connectivity index (χ1n) is 5.46. The molecule has 2 nitrogen and oxygen atoms in total. The summed E-state index contributed by atoms with van der Waals surface area (Å²) in [6, 6.07) is 0. The summed E-state index contributed by atoms with van der Waals surface area (Å²) >= 11 is 0. The van der Waals surface area contributed by atoms with Gasteiger partial charge in [-0.2, -0.15) is 65.9 Å². The highest BCUT2D eigenvalue weighted by molar-refractivity contribution is 8.13. The average molecular weight is 483 g/mol. The second-order valence-corrected chi connectivity index (χ2v) is 7.53. The predicted molar refractivity (Wildman–Crippen MR) is 55.4 cm³/mol. The van der Waals surface area contributed by atoms with Gasteiger partial charge in [0, 0.05) is 10.7 Å². The molecule has 0 unspecified atom stereocenters. The van der Waals surface area contributed by atoms with Crippen LogP contribution in [-0.4, -0.2) is 55.9 Å². The lowest BCUT2D eigenvalue weighted by atomic mass is 9.91. The van der Waals surface area contributed by atoms with Crippen molar-refractivity contribution in [1.82, 2.24) is 0 Å². The van der Waals surface area contributed by atoms with Crippen LogP contribution in [-0.2, 0) is 9.05 Å². The fourth-order valence-corrected chi connectivity index (χ4v) is 2.33. The molecule has 0 aromatic rings. The number of rotatable bonds is 7. The van der Waals surface area contributed by atoms with Crippen molar-refractivity contribution in [3.05, 3.63) is 0 Å². The molecule has 0 aromatic heterocycles. The van der Waals surface area contributed by atoms with Gasteiger partial charge in [0.2, 0.25) is 9.05 Å². The van der Waals surface area contributed by atoms with Gasteiger partial charge >= 0.3 is 41.7 Å². The molecule has 0 aliphatic rings. The third kappa shape index (κ3) is 3.87. The largest absolute Gasteiger partial charge is 0.460 e. The van der Waals surface area contributed by atoms with Crippen molar-refractivity contribution >= 4 is 19.7 Å². The number of alkyl halides is 15. The first-order chi connectivity index (χ1) is 11.2. The van der Waals surface area contributed by atoms with E-state index in [0.29, 0.717) is 0 Å². The van der Waals surface area contributed by atoms with Crippen LogP contribution in [0.4, 0.5) is 65.9 Å². The molecule has 0 spiro atoms. The van der Waals surface area contributed by atoms with Crippen molar-refractivity contribution in [2.45, 2.75) is 41.7 Å². The highest BCUT2D eigenvalue weighted by atomic mass is 35.7. The molecular formula is C8H2ClF15O2S. The lowest BCUT2D eigenvalue weighted by Gasteiger charge is -2.41. The van der Waals surface area contributed by atoms with Crippen LogP contribution < -0.4 is 0 Å². The summed E-state index contributed by atoms with van der Waals surface area (Å²) in [6.07, 6.45) is -7.70. The molecule has 0 N–H and O–H groups in total. The van der Waals surface area contributed by atoms with Crippen LogP contribution >= 0.6 is 10.7 Å². The Hall–Kier alpha value is -0.810. The van der Waals surface area contributed by atoms with E-state index < -0.39 is 56.5 Å². The van der Waals surface area contributed by atoms with E-state index in [-0.39, 0.29) is 0 Å². The van der Waals surface area contributed by atoms with Crippen LogP contribution in [0.2, 0.25) is 0 Å². The van der Waals surface area contributed by atoms with E-state index in [2.05, 4.69) is 10.7 Å². The number of hydrogen-bond acceptors (Lipinski definition) is 2. The van der Waals surface area contributed by atoms with Crippen molar-refractivity contribution in [2.75, 3.05) is 5.75 Å². The number of halogens is 16. The molecule has 0 saturated carbocycles. The Morgan fingerprint density at radius 3 is 1.04 bits per heavy atom. The van der Waals surface area contributed by atoms with E-state index in [1.54, 1.807) is 0 Å². The zero-order valence-corrected chi connectivity index (χ0v) is 13.1. The lowest BCUT2D eigenvalue weighted by molar-refractivity contribution is -0.451. The standard InChI is InChI=1S/C8H2ClF15O2S/c9-27(25,26)1-2(10,11)3(12,13)4(14,15)5(16,17)6(18,19)7(20,21)8(22,23)24/h1H2. The minimum atomic E-state index is -8.46. The molecule has 0 bridgehead atoms. The van der Waals surface area contributed by atoms with Crippen molar-refractivity contribution in [3.63, 3.8) is 0 Å². The molecule has 27 heavy (non-hydrogen) atoms. The normalized spacial score (nSPS) is 16.6. The van der Waals surface area contributed by atoms with Gasteiger partial charge in [-0.15, -0.1) is 0 Å². The van der Waals surface area contributed by atoms with Gasteiger partial charge in [0.15, 0.2) is 0 Å². The summed E-state index contributed by atoms with van der Waals surface area (Å²) in [7, 11) is -1.89. The maximum atomic E-state index is 13.1. The molecule has 0 rings (SSSR count). The zero-order valence-electron chi connectivity index (χ0n) is 11.5. The first-order valence-corrected chi connectivity index (χ1v) is 7.94. The fraction of sp³-hybridized carbons (Fsp3) is 1.00. The molecule has 0 atom stereocenters. The van der Waals surface area contributed by atoms with Gasteiger partial charge in [0.25, 0.3) is 0 Å². The van der Waals surface area contributed by atoms with Crippen LogP contribution in [0, 0.1) is 0 Å². The van der Waals surface area contributed by atoms with E-state index in [1.807, 2.05) is 0 Å². The minimum Gasteiger partial charge on any atom is -0.212 e. The van der Waals surface area contributed by atoms with E-state index >= 15 is 0 Å². The topological polar surface area (TPSA) is 34.1 Å². The van der Waals surface area contributed by atoms with E-state index in [4.69, 9.17) is 0 Å². The third-order valence-corrected chi connectivity index (χ3v) is 3.78. The number of hydrogen-bond donors (Lipinski definition) is 0. The van der Waals surface area contributed by atoms with Gasteiger partial charge in [-0.05, 0) is 0 Å². The predicted octanol–water partition coefficient (Wildman–Crippen LogP) is 4.93. The Bertz CT molecular complexity index is 664. The van der Waals surface area contributed by atoms with Gasteiger partial charge in [0.05, 0.1) is 0 Å². The van der Waals surface area contributed by atoms with Gasteiger partial charge in [-0.1, -0.05) is 0 Å². The SMILES string of the molecule is O=S(=O)(Cl)CC(F)(F)C(F)(F)C(F)(F)C(F)(F)C(F)(F)C(F)(F)C(F)(F)F. The lowest BCUT2D eigenvalue weighted by Crippen LogP contribution is -2.73. The van der Waals surface area contributed by atoms with Gasteiger partial charge < -0.3 is 0 Å². The van der Waals surface area contributed by atoms with Gasteiger partial charge in [-0.3, -0.25) is 0 Å². The molecule has 0 radical (unpaired) electrons. The van der Waals surface area contributed by atoms with Crippen LogP contribution in [0.1, 0.15) is 0 Å². The first kappa shape index (κ1) is 26.2. The Kier molecular flexibility index (Phi) is 6.16. The smallest absolute Gasteiger partial charge is 0.212 e. The molecule has 0 aromatic carbocycles. The highest BCUT2D eigenvalue weighted by Gasteiger charge is 2.93. The van der Waals surface area contributed by atoms with E-state index in [9.17, 15) is 74.3 Å². The van der Waals surface area contributed by atoms with Crippen molar-refractivity contribution in [2.24, 2.45) is 0 Å². The summed E-state index contributed by atoms with van der Waals surface area (Å²) in [5.41, 5.74) is 0. The van der Waals surface area contributed by atoms with Crippen LogP contribution in [0.5, 0.6) is 0 Å². The second kappa shape index (κ2) is 6.35. The monoisotopic (exact) mass is 482 g/mol. The third-order valence-electron chi connectivity index (χ3n) is 2.75. The van der Waals surface area contributed by atoms with Crippen LogP contribution in [0.25, 0.3) is 0 Å². The minimum absolute atomic E-state index is 3.58. The van der Waals surface area contributed by atoms with Gasteiger partial charge in [-0.25, -0.2) is 8.42 Å². The molecule has 0 saturated heterocycles. The Morgan fingerprint density at radius 1 is 0.519 bits per heavy atom. The molecule has 0 heterocycles. The Labute approximate surface area is 142 Å². The van der Waals surface area contributed by atoms with Crippen molar-refractivity contribution in [3.8, 4) is 0 Å². The van der Waals surface area contributed by atoms with Crippen LogP contribution in [0.3, 0.4) is 0 Å². The highest BCUT2D eigenvalue weighted by Crippen LogP contribution is 2.62. The average Bonchev–Trinajstić information content (AvgIpc) is 2.33. The maximum absolute atomic E-state index is 13.1. The molecule has 19 heteroatoms. The summed E-state index contributed by atoms with van der Waals surface area (Å²) in [6.45, 7) is 0. The molecule has 0 aliphatic carbocycles. The van der Waals surface area contributed by atoms with E-state index in [0.717, 1.165) is 0 Å². The summed E-state index contributed by atoms with van der Waals surface area (Å²) in [5, 5.41) is 0. The molecule has 164 valence electrons. The summed E-state index contributed by atoms with van der Waals surface area (Å²) in [5.74, 6) is -51.6. The maximum Gasteiger partial charge on any atom is 0.460 e. The van der Waals surface area contributed by atoms with Gasteiger partial charge in [0.1, 0.15) is 5.75 Å². The van der Waals surface area contributed by atoms with E-state index in [1.165, 1.54) is 0 Å². The summed E-state index contributed by atoms with van der Waals surface area (Å²) in [4.78, 5) is 0. The van der Waals surface area contributed by atoms with Crippen LogP contribution in [0.15, 0.2) is 0 Å². The van der Waals surface area contributed by atoms with Crippen molar-refractivity contribution < 1.29 is 74.3 Å². The molecular weight excluding hydrogens is 481 g/mol. The zero-order chi connectivity index (χ0) is 22.7. The molecule has 0 amide bonds. The Morgan fingerprint density at radius 2 is 0.778 bits per heavy atom. The second-order valence-electron chi connectivity index (χ2n) is 4.76. The molecule has 0 fully saturated rings. The fourth-order valence-electron chi connectivity index (χ4n) is 1.31. The summed E-state index contributed by atoms with van der Waals surface area (Å²) < 4.78 is 210. The Balaban J connectivity index is 6.55. The molecule has 0 aliphatic heterocycles.